The molecule has 2 heterocycles. The summed E-state index contributed by atoms with van der Waals surface area (Å²) in [5, 5.41) is 0. The summed E-state index contributed by atoms with van der Waals surface area (Å²) in [6.45, 7) is 3.01. The number of carbonyl (C=O) groups is 1. The number of carbonyl (C=O) groups excluding carboxylic acids is 1. The van der Waals surface area contributed by atoms with E-state index >= 15 is 0 Å². The van der Waals surface area contributed by atoms with Crippen molar-refractivity contribution in [1.29, 1.82) is 0 Å². The Morgan fingerprint density at radius 3 is 2.62 bits per heavy atom. The molecule has 4 rings (SSSR count). The second-order valence-electron chi connectivity index (χ2n) is 6.16. The van der Waals surface area contributed by atoms with Gasteiger partial charge in [0, 0.05) is 13.1 Å². The minimum absolute atomic E-state index is 0.0573. The van der Waals surface area contributed by atoms with E-state index in [0.717, 1.165) is 6.42 Å². The molecule has 0 spiro atoms. The Labute approximate surface area is 139 Å². The molecule has 2 aromatic carbocycles. The molecular weight excluding hydrogens is 304 g/mol. The molecule has 0 bridgehead atoms. The molecule has 5 heteroatoms. The van der Waals surface area contributed by atoms with Crippen LogP contribution in [-0.2, 0) is 17.8 Å². The van der Waals surface area contributed by atoms with Crippen molar-refractivity contribution in [2.45, 2.75) is 25.9 Å². The topological polar surface area (TPSA) is 55.5 Å². The zero-order valence-corrected chi connectivity index (χ0v) is 13.4. The number of aromatic nitrogens is 1. The first-order chi connectivity index (χ1) is 11.6. The molecule has 5 nitrogen and oxygen atoms in total. The van der Waals surface area contributed by atoms with E-state index in [1.807, 2.05) is 29.2 Å². The molecule has 1 aromatic heterocycles. The van der Waals surface area contributed by atoms with E-state index in [0.29, 0.717) is 24.2 Å². The summed E-state index contributed by atoms with van der Waals surface area (Å²) in [4.78, 5) is 26.9. The molecule has 24 heavy (non-hydrogen) atoms. The van der Waals surface area contributed by atoms with Crippen LogP contribution in [0.15, 0.2) is 57.7 Å². The van der Waals surface area contributed by atoms with Crippen LogP contribution in [0.25, 0.3) is 11.1 Å². The summed E-state index contributed by atoms with van der Waals surface area (Å²) in [6, 6.07) is 14.8. The Kier molecular flexibility index (Phi) is 3.49. The van der Waals surface area contributed by atoms with Crippen LogP contribution in [0.4, 0.5) is 0 Å². The molecule has 1 atom stereocenters. The summed E-state index contributed by atoms with van der Waals surface area (Å²) in [5.74, 6) is -0.549. The van der Waals surface area contributed by atoms with Crippen molar-refractivity contribution in [2.24, 2.45) is 0 Å². The maximum atomic E-state index is 12.9. The first-order valence-electron chi connectivity index (χ1n) is 8.11. The third-order valence-corrected chi connectivity index (χ3v) is 4.71. The Bertz CT molecular complexity index is 970. The maximum absolute atomic E-state index is 12.9. The lowest BCUT2D eigenvalue weighted by molar-refractivity contribution is -0.135. The zero-order chi connectivity index (χ0) is 16.7. The number of hydrogen-bond acceptors (Lipinski definition) is 3. The van der Waals surface area contributed by atoms with Gasteiger partial charge in [-0.2, -0.15) is 0 Å². The number of oxazole rings is 1. The predicted molar refractivity (Wildman–Crippen MR) is 90.7 cm³/mol. The second kappa shape index (κ2) is 5.67. The molecule has 1 amide bonds. The Balaban J connectivity index is 1.65. The lowest BCUT2D eigenvalue weighted by atomic mass is 9.99. The van der Waals surface area contributed by atoms with Crippen LogP contribution in [0.2, 0.25) is 0 Å². The van der Waals surface area contributed by atoms with Crippen molar-refractivity contribution in [3.8, 4) is 0 Å². The van der Waals surface area contributed by atoms with Crippen LogP contribution in [0.1, 0.15) is 24.1 Å². The number of amides is 1. The standard InChI is InChI=1S/C19H18N2O3/c1-13(21-16-8-4-5-9-17(16)24-19(21)23)18(22)20-11-10-14-6-2-3-7-15(14)12-20/h2-9,13H,10-12H2,1H3. The highest BCUT2D eigenvalue weighted by atomic mass is 16.4. The first kappa shape index (κ1) is 14.8. The van der Waals surface area contributed by atoms with Gasteiger partial charge in [0.1, 0.15) is 6.04 Å². The monoisotopic (exact) mass is 322 g/mol. The quantitative estimate of drug-likeness (QED) is 0.729. The van der Waals surface area contributed by atoms with Crippen LogP contribution in [0, 0.1) is 0 Å². The van der Waals surface area contributed by atoms with E-state index in [-0.39, 0.29) is 5.91 Å². The molecule has 0 aliphatic carbocycles. The molecule has 0 N–H and O–H groups in total. The molecule has 122 valence electrons. The summed E-state index contributed by atoms with van der Waals surface area (Å²) >= 11 is 0. The molecule has 1 aliphatic heterocycles. The van der Waals surface area contributed by atoms with Crippen LogP contribution in [0.5, 0.6) is 0 Å². The number of para-hydroxylation sites is 2. The van der Waals surface area contributed by atoms with Crippen molar-refractivity contribution in [2.75, 3.05) is 6.54 Å². The predicted octanol–water partition coefficient (Wildman–Crippen LogP) is 2.74. The number of nitrogens with zero attached hydrogens (tertiary/aromatic N) is 2. The largest absolute Gasteiger partial charge is 0.420 e. The normalized spacial score (nSPS) is 15.3. The fraction of sp³-hybridized carbons (Fsp3) is 0.263. The van der Waals surface area contributed by atoms with Crippen molar-refractivity contribution in [3.63, 3.8) is 0 Å². The number of hydrogen-bond donors (Lipinski definition) is 0. The minimum atomic E-state index is -0.591. The number of benzene rings is 2. The van der Waals surface area contributed by atoms with E-state index in [2.05, 4.69) is 12.1 Å². The summed E-state index contributed by atoms with van der Waals surface area (Å²) in [7, 11) is 0. The second-order valence-corrected chi connectivity index (χ2v) is 6.16. The van der Waals surface area contributed by atoms with Crippen LogP contribution < -0.4 is 5.76 Å². The van der Waals surface area contributed by atoms with Gasteiger partial charge in [-0.05, 0) is 36.6 Å². The Morgan fingerprint density at radius 1 is 1.08 bits per heavy atom. The molecule has 0 saturated heterocycles. The molecule has 0 radical (unpaired) electrons. The molecular formula is C19H18N2O3. The Hall–Kier alpha value is -2.82. The highest BCUT2D eigenvalue weighted by Crippen LogP contribution is 2.23. The van der Waals surface area contributed by atoms with E-state index in [1.54, 1.807) is 19.1 Å². The fourth-order valence-corrected chi connectivity index (χ4v) is 3.41. The third kappa shape index (κ3) is 2.33. The lowest BCUT2D eigenvalue weighted by Crippen LogP contribution is -2.41. The van der Waals surface area contributed by atoms with Gasteiger partial charge in [-0.15, -0.1) is 0 Å². The van der Waals surface area contributed by atoms with Crippen molar-refractivity contribution in [1.82, 2.24) is 9.47 Å². The smallest absolute Gasteiger partial charge is 0.408 e. The molecule has 0 fully saturated rings. The van der Waals surface area contributed by atoms with Gasteiger partial charge in [0.25, 0.3) is 0 Å². The van der Waals surface area contributed by atoms with Gasteiger partial charge in [-0.25, -0.2) is 4.79 Å². The van der Waals surface area contributed by atoms with Gasteiger partial charge < -0.3 is 9.32 Å². The molecule has 1 unspecified atom stereocenters. The molecule has 0 saturated carbocycles. The Morgan fingerprint density at radius 2 is 1.79 bits per heavy atom. The number of fused-ring (bicyclic) bond motifs is 2. The van der Waals surface area contributed by atoms with E-state index in [1.165, 1.54) is 15.7 Å². The van der Waals surface area contributed by atoms with E-state index in [9.17, 15) is 9.59 Å². The van der Waals surface area contributed by atoms with Crippen molar-refractivity contribution in [3.05, 3.63) is 70.2 Å². The summed E-state index contributed by atoms with van der Waals surface area (Å²) < 4.78 is 6.69. The van der Waals surface area contributed by atoms with Gasteiger partial charge in [0.05, 0.1) is 5.52 Å². The van der Waals surface area contributed by atoms with Gasteiger partial charge in [0.15, 0.2) is 5.58 Å². The molecule has 1 aliphatic rings. The average molecular weight is 322 g/mol. The van der Waals surface area contributed by atoms with E-state index in [4.69, 9.17) is 4.42 Å². The number of rotatable bonds is 2. The van der Waals surface area contributed by atoms with Crippen LogP contribution in [-0.4, -0.2) is 21.9 Å². The van der Waals surface area contributed by atoms with Gasteiger partial charge in [-0.1, -0.05) is 36.4 Å². The fourth-order valence-electron chi connectivity index (χ4n) is 3.41. The highest BCUT2D eigenvalue weighted by molar-refractivity contribution is 5.83. The van der Waals surface area contributed by atoms with Gasteiger partial charge in [-0.3, -0.25) is 9.36 Å². The van der Waals surface area contributed by atoms with Crippen molar-refractivity contribution >= 4 is 17.0 Å². The highest BCUT2D eigenvalue weighted by Gasteiger charge is 2.28. The lowest BCUT2D eigenvalue weighted by Gasteiger charge is -2.31. The third-order valence-electron chi connectivity index (χ3n) is 4.71. The van der Waals surface area contributed by atoms with Gasteiger partial charge >= 0.3 is 5.76 Å². The van der Waals surface area contributed by atoms with Crippen LogP contribution in [0.3, 0.4) is 0 Å². The minimum Gasteiger partial charge on any atom is -0.408 e. The SMILES string of the molecule is CC(C(=O)N1CCc2ccccc2C1)n1c(=O)oc2ccccc21. The maximum Gasteiger partial charge on any atom is 0.420 e. The van der Waals surface area contributed by atoms with Crippen molar-refractivity contribution < 1.29 is 9.21 Å². The summed E-state index contributed by atoms with van der Waals surface area (Å²) in [5.41, 5.74) is 3.63. The first-order valence-corrected chi connectivity index (χ1v) is 8.11. The van der Waals surface area contributed by atoms with Gasteiger partial charge in [0.2, 0.25) is 5.91 Å². The summed E-state index contributed by atoms with van der Waals surface area (Å²) in [6.07, 6.45) is 0.843. The van der Waals surface area contributed by atoms with Crippen LogP contribution >= 0.6 is 0 Å². The average Bonchev–Trinajstić information content (AvgIpc) is 2.95. The zero-order valence-electron chi connectivity index (χ0n) is 13.4. The van der Waals surface area contributed by atoms with E-state index < -0.39 is 11.8 Å². The molecule has 3 aromatic rings.